The molecule has 1 fully saturated rings. The molecular weight excluding hydrogens is 537 g/mol. The van der Waals surface area contributed by atoms with Crippen LogP contribution in [-0.4, -0.2) is 42.0 Å². The number of aryl methyl sites for hydroxylation is 2. The number of para-hydroxylation sites is 1. The van der Waals surface area contributed by atoms with Crippen molar-refractivity contribution in [1.29, 1.82) is 0 Å². The van der Waals surface area contributed by atoms with Crippen LogP contribution in [0.4, 0.5) is 0 Å². The number of hydrogen-bond acceptors (Lipinski definition) is 3. The lowest BCUT2D eigenvalue weighted by molar-refractivity contribution is 0.0514. The fraction of sp³-hybridized carbons (Fsp3) is 0.407. The van der Waals surface area contributed by atoms with Crippen LogP contribution < -0.4 is 10.6 Å². The fourth-order valence-corrected chi connectivity index (χ4v) is 4.60. The van der Waals surface area contributed by atoms with E-state index in [1.165, 1.54) is 5.56 Å². The first-order valence-corrected chi connectivity index (χ1v) is 11.9. The number of ether oxygens (including phenoxy) is 1. The Balaban J connectivity index is 0.00000324. The summed E-state index contributed by atoms with van der Waals surface area (Å²) in [5.74, 6) is 0.836. The molecule has 0 radical (unpaired) electrons. The number of guanidine groups is 1. The van der Waals surface area contributed by atoms with Crippen LogP contribution in [0.25, 0.3) is 5.69 Å². The molecule has 1 aliphatic rings. The maximum Gasteiger partial charge on any atom is 0.191 e. The Morgan fingerprint density at radius 1 is 1.03 bits per heavy atom. The van der Waals surface area contributed by atoms with Gasteiger partial charge in [0.05, 0.1) is 17.9 Å². The summed E-state index contributed by atoms with van der Waals surface area (Å²) in [5, 5.41) is 11.7. The van der Waals surface area contributed by atoms with Gasteiger partial charge in [-0.15, -0.1) is 24.0 Å². The van der Waals surface area contributed by atoms with Crippen LogP contribution in [0, 0.1) is 13.8 Å². The van der Waals surface area contributed by atoms with Gasteiger partial charge in [0.1, 0.15) is 0 Å². The molecule has 1 saturated heterocycles. The Bertz CT molecular complexity index is 1070. The number of nitrogens with zero attached hydrogens (tertiary/aromatic N) is 3. The molecule has 1 aromatic heterocycles. The van der Waals surface area contributed by atoms with E-state index >= 15 is 0 Å². The number of hydrogen-bond donors (Lipinski definition) is 2. The standard InChI is InChI=1S/C27H35N5O.HI/c1-4-28-26(30-20-27(14-16-33-17-15-27)24-11-6-5-7-12-24)29-19-23-10-8-9-13-25(23)32-22(3)18-21(2)31-32;/h5-13,18H,4,14-17,19-20H2,1-3H3,(H2,28,29,30);1H. The maximum atomic E-state index is 5.69. The van der Waals surface area contributed by atoms with Gasteiger partial charge in [0.15, 0.2) is 5.96 Å². The van der Waals surface area contributed by atoms with Crippen LogP contribution in [0.3, 0.4) is 0 Å². The van der Waals surface area contributed by atoms with E-state index in [2.05, 4.69) is 90.2 Å². The highest BCUT2D eigenvalue weighted by Crippen LogP contribution is 2.34. The third kappa shape index (κ3) is 6.18. The molecule has 0 saturated carbocycles. The highest BCUT2D eigenvalue weighted by atomic mass is 127. The number of halogens is 1. The molecule has 0 atom stereocenters. The first-order chi connectivity index (χ1) is 16.1. The smallest absolute Gasteiger partial charge is 0.191 e. The zero-order valence-electron chi connectivity index (χ0n) is 20.4. The molecule has 0 unspecified atom stereocenters. The summed E-state index contributed by atoms with van der Waals surface area (Å²) >= 11 is 0. The zero-order valence-corrected chi connectivity index (χ0v) is 22.7. The summed E-state index contributed by atoms with van der Waals surface area (Å²) in [7, 11) is 0. The van der Waals surface area contributed by atoms with E-state index in [0.29, 0.717) is 6.54 Å². The second-order valence-electron chi connectivity index (χ2n) is 8.78. The number of rotatable bonds is 7. The predicted octanol–water partition coefficient (Wildman–Crippen LogP) is 4.91. The van der Waals surface area contributed by atoms with Crippen LogP contribution in [-0.2, 0) is 16.7 Å². The Morgan fingerprint density at radius 2 is 1.74 bits per heavy atom. The molecule has 0 spiro atoms. The second-order valence-corrected chi connectivity index (χ2v) is 8.78. The van der Waals surface area contributed by atoms with Gasteiger partial charge in [-0.2, -0.15) is 5.10 Å². The van der Waals surface area contributed by atoms with Gasteiger partial charge in [-0.1, -0.05) is 48.5 Å². The SMILES string of the molecule is CCNC(=NCc1ccccc1-n1nc(C)cc1C)NCC1(c2ccccc2)CCOCC1.I. The maximum absolute atomic E-state index is 5.69. The number of aromatic nitrogens is 2. The van der Waals surface area contributed by atoms with E-state index in [1.807, 2.05) is 11.6 Å². The predicted molar refractivity (Wildman–Crippen MR) is 149 cm³/mol. The van der Waals surface area contributed by atoms with Crippen molar-refractivity contribution >= 4 is 29.9 Å². The van der Waals surface area contributed by atoms with Crippen LogP contribution in [0.1, 0.15) is 42.3 Å². The van der Waals surface area contributed by atoms with Gasteiger partial charge in [-0.05, 0) is 56.9 Å². The van der Waals surface area contributed by atoms with Crippen LogP contribution in [0.2, 0.25) is 0 Å². The summed E-state index contributed by atoms with van der Waals surface area (Å²) < 4.78 is 7.70. The van der Waals surface area contributed by atoms with Crippen molar-refractivity contribution in [3.8, 4) is 5.69 Å². The minimum atomic E-state index is 0. The van der Waals surface area contributed by atoms with E-state index in [1.54, 1.807) is 0 Å². The lowest BCUT2D eigenvalue weighted by Gasteiger charge is -2.38. The summed E-state index contributed by atoms with van der Waals surface area (Å²) in [5.41, 5.74) is 5.78. The van der Waals surface area contributed by atoms with E-state index < -0.39 is 0 Å². The van der Waals surface area contributed by atoms with E-state index in [0.717, 1.165) is 67.7 Å². The van der Waals surface area contributed by atoms with E-state index in [4.69, 9.17) is 9.73 Å². The Morgan fingerprint density at radius 3 is 2.41 bits per heavy atom. The zero-order chi connectivity index (χ0) is 23.1. The van der Waals surface area contributed by atoms with Gasteiger partial charge in [-0.25, -0.2) is 9.67 Å². The fourth-order valence-electron chi connectivity index (χ4n) is 4.60. The lowest BCUT2D eigenvalue weighted by atomic mass is 9.74. The molecule has 4 rings (SSSR count). The van der Waals surface area contributed by atoms with Crippen LogP contribution >= 0.6 is 24.0 Å². The molecular formula is C27H36IN5O. The molecule has 0 aliphatic carbocycles. The van der Waals surface area contributed by atoms with Gasteiger partial charge in [-0.3, -0.25) is 0 Å². The molecule has 3 aromatic rings. The normalized spacial score (nSPS) is 15.4. The lowest BCUT2D eigenvalue weighted by Crippen LogP contribution is -2.48. The monoisotopic (exact) mass is 573 g/mol. The molecule has 34 heavy (non-hydrogen) atoms. The Labute approximate surface area is 220 Å². The third-order valence-electron chi connectivity index (χ3n) is 6.41. The molecule has 2 heterocycles. The first kappa shape index (κ1) is 26.2. The van der Waals surface area contributed by atoms with Crippen molar-refractivity contribution in [2.45, 2.75) is 45.6 Å². The van der Waals surface area contributed by atoms with Crippen LogP contribution in [0.5, 0.6) is 0 Å². The van der Waals surface area contributed by atoms with Crippen molar-refractivity contribution in [2.75, 3.05) is 26.3 Å². The minimum absolute atomic E-state index is 0. The molecule has 2 N–H and O–H groups in total. The van der Waals surface area contributed by atoms with E-state index in [9.17, 15) is 0 Å². The highest BCUT2D eigenvalue weighted by Gasteiger charge is 2.34. The van der Waals surface area contributed by atoms with Crippen molar-refractivity contribution < 1.29 is 4.74 Å². The summed E-state index contributed by atoms with van der Waals surface area (Å²) in [6, 6.07) is 21.3. The first-order valence-electron chi connectivity index (χ1n) is 11.9. The largest absolute Gasteiger partial charge is 0.381 e. The van der Waals surface area contributed by atoms with Gasteiger partial charge in [0.25, 0.3) is 0 Å². The third-order valence-corrected chi connectivity index (χ3v) is 6.41. The molecule has 7 heteroatoms. The highest BCUT2D eigenvalue weighted by molar-refractivity contribution is 14.0. The second kappa shape index (κ2) is 12.4. The average Bonchev–Trinajstić information content (AvgIpc) is 3.19. The Kier molecular flexibility index (Phi) is 9.53. The molecule has 2 aromatic carbocycles. The topological polar surface area (TPSA) is 63.5 Å². The minimum Gasteiger partial charge on any atom is -0.381 e. The van der Waals surface area contributed by atoms with Gasteiger partial charge < -0.3 is 15.4 Å². The van der Waals surface area contributed by atoms with Gasteiger partial charge >= 0.3 is 0 Å². The van der Waals surface area contributed by atoms with Crippen molar-refractivity contribution in [3.63, 3.8) is 0 Å². The Hall–Kier alpha value is -2.39. The van der Waals surface area contributed by atoms with Gasteiger partial charge in [0, 0.05) is 37.4 Å². The van der Waals surface area contributed by atoms with Crippen molar-refractivity contribution in [3.05, 3.63) is 83.2 Å². The quantitative estimate of drug-likeness (QED) is 0.240. The summed E-state index contributed by atoms with van der Waals surface area (Å²) in [6.07, 6.45) is 2.01. The van der Waals surface area contributed by atoms with Crippen molar-refractivity contribution in [2.24, 2.45) is 4.99 Å². The molecule has 0 amide bonds. The van der Waals surface area contributed by atoms with E-state index in [-0.39, 0.29) is 29.4 Å². The average molecular weight is 574 g/mol. The molecule has 6 nitrogen and oxygen atoms in total. The molecule has 0 bridgehead atoms. The number of nitrogens with one attached hydrogen (secondary N) is 2. The number of benzene rings is 2. The van der Waals surface area contributed by atoms with Crippen LogP contribution in [0.15, 0.2) is 65.7 Å². The van der Waals surface area contributed by atoms with Gasteiger partial charge in [0.2, 0.25) is 0 Å². The summed E-state index contributed by atoms with van der Waals surface area (Å²) in [6.45, 7) is 10.0. The molecule has 182 valence electrons. The molecule has 1 aliphatic heterocycles. The number of aliphatic imine (C=N–C) groups is 1. The van der Waals surface area contributed by atoms with Crippen molar-refractivity contribution in [1.82, 2.24) is 20.4 Å². The summed E-state index contributed by atoms with van der Waals surface area (Å²) in [4.78, 5) is 4.94.